The van der Waals surface area contributed by atoms with Gasteiger partial charge < -0.3 is 15.4 Å². The fourth-order valence-electron chi connectivity index (χ4n) is 2.64. The molecule has 2 N–H and O–H groups in total. The van der Waals surface area contributed by atoms with E-state index in [4.69, 9.17) is 4.74 Å². The number of nitrogens with one attached hydrogen (secondary N) is 2. The third-order valence-electron chi connectivity index (χ3n) is 3.77. The summed E-state index contributed by atoms with van der Waals surface area (Å²) >= 11 is 0. The summed E-state index contributed by atoms with van der Waals surface area (Å²) in [4.78, 5) is 12.0. The van der Waals surface area contributed by atoms with E-state index in [2.05, 4.69) is 10.6 Å². The van der Waals surface area contributed by atoms with E-state index >= 15 is 0 Å². The van der Waals surface area contributed by atoms with Gasteiger partial charge in [0, 0.05) is 6.42 Å². The lowest BCUT2D eigenvalue weighted by molar-refractivity contribution is -0.122. The van der Waals surface area contributed by atoms with Gasteiger partial charge in [0.15, 0.2) is 0 Å². The Kier molecular flexibility index (Phi) is 7.69. The Hall–Kier alpha value is -1.26. The van der Waals surface area contributed by atoms with Crippen LogP contribution in [0.3, 0.4) is 0 Å². The van der Waals surface area contributed by atoms with Gasteiger partial charge in [-0.3, -0.25) is 4.79 Å². The maximum atomic E-state index is 12.0. The maximum Gasteiger partial charge on any atom is 0.220 e. The number of hydrogen-bond acceptors (Lipinski definition) is 3. The summed E-state index contributed by atoms with van der Waals surface area (Å²) in [7, 11) is 0. The van der Waals surface area contributed by atoms with Crippen molar-refractivity contribution in [3.8, 4) is 5.75 Å². The van der Waals surface area contributed by atoms with Crippen molar-refractivity contribution < 1.29 is 9.53 Å². The first kappa shape index (κ1) is 18.8. The number of benzene rings is 1. The minimum absolute atomic E-state index is 0. The Morgan fingerprint density at radius 1 is 1.32 bits per heavy atom. The highest BCUT2D eigenvalue weighted by Crippen LogP contribution is 2.19. The van der Waals surface area contributed by atoms with E-state index in [1.807, 2.05) is 45.0 Å². The van der Waals surface area contributed by atoms with Crippen LogP contribution in [-0.2, 0) is 4.79 Å². The van der Waals surface area contributed by atoms with Crippen molar-refractivity contribution in [3.05, 3.63) is 29.8 Å². The van der Waals surface area contributed by atoms with Crippen LogP contribution in [0.25, 0.3) is 0 Å². The van der Waals surface area contributed by atoms with Crippen LogP contribution in [0.4, 0.5) is 0 Å². The highest BCUT2D eigenvalue weighted by molar-refractivity contribution is 5.85. The molecule has 0 aliphatic carbocycles. The fourth-order valence-corrected chi connectivity index (χ4v) is 2.64. The van der Waals surface area contributed by atoms with Crippen molar-refractivity contribution in [1.29, 1.82) is 0 Å². The van der Waals surface area contributed by atoms with E-state index in [0.717, 1.165) is 30.8 Å². The average molecular weight is 327 g/mol. The third kappa shape index (κ3) is 5.85. The molecule has 0 spiro atoms. The Morgan fingerprint density at radius 3 is 2.55 bits per heavy atom. The molecule has 5 heteroatoms. The first-order chi connectivity index (χ1) is 10.0. The Bertz CT molecular complexity index is 456. The van der Waals surface area contributed by atoms with Crippen molar-refractivity contribution in [2.45, 2.75) is 45.8 Å². The molecule has 4 nitrogen and oxygen atoms in total. The van der Waals surface area contributed by atoms with Crippen LogP contribution in [0, 0.1) is 5.92 Å². The van der Waals surface area contributed by atoms with Crippen LogP contribution < -0.4 is 15.4 Å². The number of halogens is 1. The lowest BCUT2D eigenvalue weighted by Crippen LogP contribution is -2.28. The molecule has 0 aromatic heterocycles. The van der Waals surface area contributed by atoms with Crippen LogP contribution in [0.1, 0.15) is 45.2 Å². The first-order valence-corrected chi connectivity index (χ1v) is 7.81. The van der Waals surface area contributed by atoms with Gasteiger partial charge in [-0.2, -0.15) is 0 Å². The quantitative estimate of drug-likeness (QED) is 0.844. The van der Waals surface area contributed by atoms with E-state index in [1.54, 1.807) is 0 Å². The summed E-state index contributed by atoms with van der Waals surface area (Å²) in [5.74, 6) is 1.49. The zero-order valence-electron chi connectivity index (χ0n) is 13.6. The van der Waals surface area contributed by atoms with Crippen molar-refractivity contribution in [2.24, 2.45) is 5.92 Å². The van der Waals surface area contributed by atoms with Crippen LogP contribution >= 0.6 is 12.4 Å². The maximum absolute atomic E-state index is 12.0. The minimum atomic E-state index is 0. The van der Waals surface area contributed by atoms with Crippen LogP contribution in [0.15, 0.2) is 24.3 Å². The van der Waals surface area contributed by atoms with Gasteiger partial charge in [0.25, 0.3) is 0 Å². The average Bonchev–Trinajstić information content (AvgIpc) is 2.91. The highest BCUT2D eigenvalue weighted by atomic mass is 35.5. The minimum Gasteiger partial charge on any atom is -0.491 e. The number of amides is 1. The van der Waals surface area contributed by atoms with E-state index in [0.29, 0.717) is 12.3 Å². The van der Waals surface area contributed by atoms with Gasteiger partial charge in [-0.15, -0.1) is 12.4 Å². The van der Waals surface area contributed by atoms with Crippen LogP contribution in [-0.4, -0.2) is 25.1 Å². The molecule has 2 rings (SSSR count). The second-order valence-corrected chi connectivity index (χ2v) is 6.09. The zero-order chi connectivity index (χ0) is 15.2. The summed E-state index contributed by atoms with van der Waals surface area (Å²) in [5.41, 5.74) is 1.10. The molecule has 124 valence electrons. The summed E-state index contributed by atoms with van der Waals surface area (Å²) < 4.78 is 5.62. The van der Waals surface area contributed by atoms with E-state index in [-0.39, 0.29) is 30.5 Å². The Balaban J connectivity index is 0.00000242. The normalized spacial score (nSPS) is 18.6. The van der Waals surface area contributed by atoms with Gasteiger partial charge in [-0.25, -0.2) is 0 Å². The monoisotopic (exact) mass is 326 g/mol. The Labute approximate surface area is 139 Å². The molecule has 1 aromatic rings. The molecule has 2 unspecified atom stereocenters. The lowest BCUT2D eigenvalue weighted by atomic mass is 10.0. The molecule has 1 heterocycles. The van der Waals surface area contributed by atoms with Gasteiger partial charge in [-0.1, -0.05) is 12.1 Å². The van der Waals surface area contributed by atoms with Gasteiger partial charge >= 0.3 is 0 Å². The molecule has 0 saturated carbocycles. The molecule has 22 heavy (non-hydrogen) atoms. The van der Waals surface area contributed by atoms with E-state index in [9.17, 15) is 4.79 Å². The van der Waals surface area contributed by atoms with Gasteiger partial charge in [0.1, 0.15) is 5.75 Å². The summed E-state index contributed by atoms with van der Waals surface area (Å²) in [6.07, 6.45) is 1.89. The van der Waals surface area contributed by atoms with Gasteiger partial charge in [0.2, 0.25) is 5.91 Å². The third-order valence-corrected chi connectivity index (χ3v) is 3.77. The van der Waals surface area contributed by atoms with E-state index in [1.165, 1.54) is 0 Å². The van der Waals surface area contributed by atoms with Crippen molar-refractivity contribution in [3.63, 3.8) is 0 Å². The SMILES string of the molecule is CC(C)Oc1ccc(C(C)NC(=O)CC2CCNC2)cc1.Cl. The topological polar surface area (TPSA) is 50.4 Å². The van der Waals surface area contributed by atoms with Crippen molar-refractivity contribution in [2.75, 3.05) is 13.1 Å². The van der Waals surface area contributed by atoms with Crippen molar-refractivity contribution in [1.82, 2.24) is 10.6 Å². The lowest BCUT2D eigenvalue weighted by Gasteiger charge is -2.17. The Morgan fingerprint density at radius 2 is 2.00 bits per heavy atom. The summed E-state index contributed by atoms with van der Waals surface area (Å²) in [6, 6.07) is 7.97. The number of carbonyl (C=O) groups is 1. The van der Waals surface area contributed by atoms with Crippen molar-refractivity contribution >= 4 is 18.3 Å². The molecular formula is C17H27ClN2O2. The smallest absolute Gasteiger partial charge is 0.220 e. The predicted molar refractivity (Wildman–Crippen MR) is 91.6 cm³/mol. The number of hydrogen-bond donors (Lipinski definition) is 2. The first-order valence-electron chi connectivity index (χ1n) is 7.81. The second-order valence-electron chi connectivity index (χ2n) is 6.09. The molecule has 1 aliphatic rings. The summed E-state index contributed by atoms with van der Waals surface area (Å²) in [6.45, 7) is 8.03. The molecule has 2 atom stereocenters. The molecule has 0 bridgehead atoms. The number of carbonyl (C=O) groups excluding carboxylic acids is 1. The molecular weight excluding hydrogens is 300 g/mol. The van der Waals surface area contributed by atoms with Gasteiger partial charge in [0.05, 0.1) is 12.1 Å². The molecule has 1 aromatic carbocycles. The second kappa shape index (κ2) is 9.01. The van der Waals surface area contributed by atoms with Crippen LogP contribution in [0.5, 0.6) is 5.75 Å². The van der Waals surface area contributed by atoms with Gasteiger partial charge in [-0.05, 0) is 63.9 Å². The van der Waals surface area contributed by atoms with Crippen LogP contribution in [0.2, 0.25) is 0 Å². The molecule has 1 amide bonds. The molecule has 0 radical (unpaired) electrons. The fraction of sp³-hybridized carbons (Fsp3) is 0.588. The molecule has 1 aliphatic heterocycles. The molecule has 1 saturated heterocycles. The summed E-state index contributed by atoms with van der Waals surface area (Å²) in [5, 5.41) is 6.37. The number of ether oxygens (including phenoxy) is 1. The highest BCUT2D eigenvalue weighted by Gasteiger charge is 2.19. The number of rotatable bonds is 6. The zero-order valence-corrected chi connectivity index (χ0v) is 14.4. The molecule has 1 fully saturated rings. The largest absolute Gasteiger partial charge is 0.491 e. The van der Waals surface area contributed by atoms with E-state index < -0.39 is 0 Å². The standard InChI is InChI=1S/C17H26N2O2.ClH/c1-12(2)21-16-6-4-15(5-7-16)13(3)19-17(20)10-14-8-9-18-11-14;/h4-7,12-14,18H,8-11H2,1-3H3,(H,19,20);1H. The predicted octanol–water partition coefficient (Wildman–Crippen LogP) is 3.07.